The number of aliphatic hydroxyl groups is 1. The molecule has 0 saturated heterocycles. The minimum absolute atomic E-state index is 0.0745. The summed E-state index contributed by atoms with van der Waals surface area (Å²) in [6.07, 6.45) is -11.8. The molecule has 0 aliphatic rings. The van der Waals surface area contributed by atoms with E-state index in [1.807, 2.05) is 0 Å². The van der Waals surface area contributed by atoms with Crippen LogP contribution in [0.4, 0.5) is 26.3 Å². The lowest BCUT2D eigenvalue weighted by atomic mass is 9.92. The number of hydrogen-bond acceptors (Lipinski definition) is 2. The maximum atomic E-state index is 12.5. The van der Waals surface area contributed by atoms with Gasteiger partial charge in [-0.05, 0) is 12.1 Å². The molecule has 0 unspecified atom stereocenters. The molecule has 0 aliphatic carbocycles. The molecule has 0 amide bonds. The fourth-order valence-electron chi connectivity index (χ4n) is 1.32. The van der Waals surface area contributed by atoms with E-state index < -0.39 is 23.5 Å². The summed E-state index contributed by atoms with van der Waals surface area (Å²) < 4.78 is 79.4. The standard InChI is InChI=1S/C10H8F6O2/c1-18-7-4-2-6(3-5-7)8(17,9(11,12)13)10(14,15)16/h2-5,17H,1H3. The van der Waals surface area contributed by atoms with Gasteiger partial charge in [0.2, 0.25) is 0 Å². The first-order valence-electron chi connectivity index (χ1n) is 4.54. The van der Waals surface area contributed by atoms with Gasteiger partial charge in [-0.3, -0.25) is 0 Å². The quantitative estimate of drug-likeness (QED) is 0.840. The Labute approximate surface area is 97.8 Å². The van der Waals surface area contributed by atoms with Crippen molar-refractivity contribution in [2.24, 2.45) is 0 Å². The predicted octanol–water partition coefficient (Wildman–Crippen LogP) is 3.01. The Kier molecular flexibility index (Phi) is 3.53. The molecule has 0 radical (unpaired) electrons. The van der Waals surface area contributed by atoms with E-state index in [4.69, 9.17) is 5.11 Å². The first-order chi connectivity index (χ1) is 8.04. The third-order valence-corrected chi connectivity index (χ3v) is 2.33. The minimum Gasteiger partial charge on any atom is -0.497 e. The van der Waals surface area contributed by atoms with Crippen molar-refractivity contribution >= 4 is 0 Å². The van der Waals surface area contributed by atoms with Crippen molar-refractivity contribution in [3.8, 4) is 5.75 Å². The van der Waals surface area contributed by atoms with Crippen LogP contribution in [0.15, 0.2) is 24.3 Å². The van der Waals surface area contributed by atoms with E-state index in [1.165, 1.54) is 7.11 Å². The van der Waals surface area contributed by atoms with Crippen LogP contribution in [0.2, 0.25) is 0 Å². The van der Waals surface area contributed by atoms with Gasteiger partial charge in [-0.25, -0.2) is 0 Å². The molecule has 0 aromatic heterocycles. The third kappa shape index (κ3) is 2.24. The lowest BCUT2D eigenvalue weighted by Crippen LogP contribution is -2.53. The SMILES string of the molecule is COc1ccc(C(O)(C(F)(F)F)C(F)(F)F)cc1. The number of methoxy groups -OCH3 is 1. The smallest absolute Gasteiger partial charge is 0.430 e. The molecule has 0 spiro atoms. The van der Waals surface area contributed by atoms with Crippen LogP contribution < -0.4 is 4.74 Å². The molecule has 0 aliphatic heterocycles. The lowest BCUT2D eigenvalue weighted by molar-refractivity contribution is -0.376. The van der Waals surface area contributed by atoms with Gasteiger partial charge in [0.25, 0.3) is 5.60 Å². The summed E-state index contributed by atoms with van der Waals surface area (Å²) in [5.41, 5.74) is -6.21. The average molecular weight is 274 g/mol. The molecule has 0 fully saturated rings. The first-order valence-corrected chi connectivity index (χ1v) is 4.54. The third-order valence-electron chi connectivity index (χ3n) is 2.33. The molecule has 0 atom stereocenters. The minimum atomic E-state index is -5.88. The highest BCUT2D eigenvalue weighted by molar-refractivity contribution is 5.33. The summed E-state index contributed by atoms with van der Waals surface area (Å²) in [5, 5.41) is 9.03. The highest BCUT2D eigenvalue weighted by Gasteiger charge is 2.71. The van der Waals surface area contributed by atoms with Crippen molar-refractivity contribution in [2.75, 3.05) is 7.11 Å². The van der Waals surface area contributed by atoms with Crippen molar-refractivity contribution in [3.05, 3.63) is 29.8 Å². The Morgan fingerprint density at radius 3 is 1.56 bits per heavy atom. The Morgan fingerprint density at radius 1 is 0.889 bits per heavy atom. The number of ether oxygens (including phenoxy) is 1. The van der Waals surface area contributed by atoms with Crippen molar-refractivity contribution in [1.82, 2.24) is 0 Å². The Bertz CT molecular complexity index is 392. The summed E-state index contributed by atoms with van der Waals surface area (Å²) in [5.74, 6) is 0.0745. The van der Waals surface area contributed by atoms with Gasteiger partial charge in [-0.1, -0.05) is 12.1 Å². The van der Waals surface area contributed by atoms with Gasteiger partial charge in [-0.15, -0.1) is 0 Å². The molecule has 102 valence electrons. The van der Waals surface area contributed by atoms with Gasteiger partial charge in [0.15, 0.2) is 0 Å². The molecule has 1 aromatic rings. The maximum absolute atomic E-state index is 12.5. The molecule has 0 heterocycles. The molecular weight excluding hydrogens is 266 g/mol. The van der Waals surface area contributed by atoms with Gasteiger partial charge < -0.3 is 9.84 Å². The van der Waals surface area contributed by atoms with Crippen molar-refractivity contribution < 1.29 is 36.2 Å². The zero-order valence-corrected chi connectivity index (χ0v) is 8.93. The van der Waals surface area contributed by atoms with Crippen molar-refractivity contribution in [3.63, 3.8) is 0 Å². The van der Waals surface area contributed by atoms with E-state index in [9.17, 15) is 26.3 Å². The zero-order valence-electron chi connectivity index (χ0n) is 8.93. The monoisotopic (exact) mass is 274 g/mol. The summed E-state index contributed by atoms with van der Waals surface area (Å²) in [6.45, 7) is 0. The summed E-state index contributed by atoms with van der Waals surface area (Å²) in [7, 11) is 1.20. The fourth-order valence-corrected chi connectivity index (χ4v) is 1.32. The first kappa shape index (κ1) is 14.6. The average Bonchev–Trinajstić information content (AvgIpc) is 2.25. The van der Waals surface area contributed by atoms with E-state index in [1.54, 1.807) is 0 Å². The van der Waals surface area contributed by atoms with E-state index in [0.29, 0.717) is 12.1 Å². The maximum Gasteiger partial charge on any atom is 0.430 e. The highest BCUT2D eigenvalue weighted by Crippen LogP contribution is 2.50. The van der Waals surface area contributed by atoms with Crippen LogP contribution in [0.1, 0.15) is 5.56 Å². The van der Waals surface area contributed by atoms with Gasteiger partial charge in [0, 0.05) is 5.56 Å². The van der Waals surface area contributed by atoms with E-state index >= 15 is 0 Å². The molecule has 8 heteroatoms. The molecule has 2 nitrogen and oxygen atoms in total. The van der Waals surface area contributed by atoms with Gasteiger partial charge in [0.05, 0.1) is 7.11 Å². The number of rotatable bonds is 2. The second-order valence-corrected chi connectivity index (χ2v) is 3.43. The molecule has 18 heavy (non-hydrogen) atoms. The second-order valence-electron chi connectivity index (χ2n) is 3.43. The van der Waals surface area contributed by atoms with Crippen LogP contribution in [-0.2, 0) is 5.60 Å². The Morgan fingerprint density at radius 2 is 1.28 bits per heavy atom. The van der Waals surface area contributed by atoms with Crippen LogP contribution >= 0.6 is 0 Å². The lowest BCUT2D eigenvalue weighted by Gasteiger charge is -2.32. The van der Waals surface area contributed by atoms with E-state index in [2.05, 4.69) is 4.74 Å². The van der Waals surface area contributed by atoms with Gasteiger partial charge in [0.1, 0.15) is 5.75 Å². The van der Waals surface area contributed by atoms with Crippen molar-refractivity contribution in [1.29, 1.82) is 0 Å². The normalized spacial score (nSPS) is 13.6. The van der Waals surface area contributed by atoms with Crippen molar-refractivity contribution in [2.45, 2.75) is 18.0 Å². The van der Waals surface area contributed by atoms with Crippen LogP contribution in [0, 0.1) is 0 Å². The summed E-state index contributed by atoms with van der Waals surface area (Å²) >= 11 is 0. The topological polar surface area (TPSA) is 29.5 Å². The number of alkyl halides is 6. The van der Waals surface area contributed by atoms with Crippen LogP contribution in [-0.4, -0.2) is 24.6 Å². The molecule has 0 bridgehead atoms. The molecular formula is C10H8F6O2. The van der Waals surface area contributed by atoms with Crippen LogP contribution in [0.3, 0.4) is 0 Å². The highest BCUT2D eigenvalue weighted by atomic mass is 19.4. The Balaban J connectivity index is 3.36. The van der Waals surface area contributed by atoms with E-state index in [-0.39, 0.29) is 5.75 Å². The number of hydrogen-bond donors (Lipinski definition) is 1. The molecule has 1 rings (SSSR count). The largest absolute Gasteiger partial charge is 0.497 e. The van der Waals surface area contributed by atoms with Gasteiger partial charge >= 0.3 is 12.4 Å². The van der Waals surface area contributed by atoms with Gasteiger partial charge in [-0.2, -0.15) is 26.3 Å². The number of halogens is 6. The number of benzene rings is 1. The second kappa shape index (κ2) is 4.34. The zero-order chi connectivity index (χ0) is 14.2. The summed E-state index contributed by atoms with van der Waals surface area (Å²) in [4.78, 5) is 0. The van der Waals surface area contributed by atoms with E-state index in [0.717, 1.165) is 12.1 Å². The fraction of sp³-hybridized carbons (Fsp3) is 0.400. The molecule has 1 aromatic carbocycles. The Hall–Kier alpha value is -1.44. The predicted molar refractivity (Wildman–Crippen MR) is 49.0 cm³/mol. The van der Waals surface area contributed by atoms with Crippen LogP contribution in [0.5, 0.6) is 5.75 Å². The summed E-state index contributed by atoms with van der Waals surface area (Å²) in [6, 6.07) is 2.83. The molecule has 0 saturated carbocycles. The van der Waals surface area contributed by atoms with Crippen LogP contribution in [0.25, 0.3) is 0 Å². The molecule has 1 N–H and O–H groups in total.